The fourth-order valence-electron chi connectivity index (χ4n) is 10.4. The number of anilines is 5. The molecule has 5 atom stereocenters. The molecule has 486 valence electrons. The Balaban J connectivity index is 0.000000181. The molecule has 6 aromatic heterocycles. The summed E-state index contributed by atoms with van der Waals surface area (Å²) in [5.41, 5.74) is 37.7. The van der Waals surface area contributed by atoms with E-state index in [9.17, 15) is 14.4 Å². The molecule has 0 spiro atoms. The number of hydrogen-bond donors (Lipinski definition) is 6. The number of ketones is 2. The molecular formula is C71H99N17O3. The number of benzene rings is 3. The molecule has 0 bridgehead atoms. The number of nitrogen functional groups attached to an aromatic ring is 5. The second-order valence-electron chi connectivity index (χ2n) is 24.7. The van der Waals surface area contributed by atoms with Crippen molar-refractivity contribution in [2.75, 3.05) is 28.7 Å². The van der Waals surface area contributed by atoms with Crippen LogP contribution in [0.5, 0.6) is 0 Å². The number of nitrogens with zero attached hydrogens (tertiary/aromatic N) is 11. The van der Waals surface area contributed by atoms with E-state index in [0.717, 1.165) is 127 Å². The van der Waals surface area contributed by atoms with E-state index in [1.165, 1.54) is 56.9 Å². The van der Waals surface area contributed by atoms with Crippen molar-refractivity contribution >= 4 is 85.3 Å². The average molecular weight is 1240 g/mol. The van der Waals surface area contributed by atoms with Gasteiger partial charge in [0.2, 0.25) is 17.8 Å². The van der Waals surface area contributed by atoms with Gasteiger partial charge in [-0.25, -0.2) is 29.9 Å². The summed E-state index contributed by atoms with van der Waals surface area (Å²) < 4.78 is 0. The zero-order valence-electron chi connectivity index (χ0n) is 55.5. The molecule has 0 saturated heterocycles. The van der Waals surface area contributed by atoms with Crippen LogP contribution in [0.15, 0.2) is 90.1 Å². The smallest absolute Gasteiger partial charge is 0.280 e. The second kappa shape index (κ2) is 36.2. The molecule has 6 heterocycles. The molecule has 0 fully saturated rings. The number of rotatable bonds is 24. The fraction of sp³-hybridized carbons (Fsp3) is 0.493. The standard InChI is InChI=1S/C16H20O2.C15H22N4.C14H18N2.C13H20N6.C13H19N5O/c1-3-11(2)7-6-10-14-15(17)12-8-4-5-9-13(12)16(14)18;1-3-10(2)5-4-6-11-7-8-13-12(9-11)14(16)19-15(17)18-13;1-3-11(2)8-9-12-10-15-13-6-4-5-7-14(13)16-12;1-3-8(2)5-4-6-9-7-16-12-10(17-9)11(14)18-13(15)19-12;1-3-8(2)5-4-6-9-7-15-11-10(16-9)12(19)18-13(14)17-11/h4-5,8-9,11,14H,3,6-7,10H2,1-2H3;7-10H,3-6H2,1-2H3,(H4,16,17,18,19);4-7,10-11H,3,8-9H2,1-2H3;7-8H,3-6H2,1-2H3,(H4,14,15,16,18,19);7-8H,3-6H2,1-2H3,(H3,14,15,17,18,19). The highest BCUT2D eigenvalue weighted by Crippen LogP contribution is 2.31. The third-order valence-corrected chi connectivity index (χ3v) is 17.4. The van der Waals surface area contributed by atoms with Gasteiger partial charge in [-0.1, -0.05) is 176 Å². The Bertz CT molecular complexity index is 3700. The maximum atomic E-state index is 12.1. The van der Waals surface area contributed by atoms with Crippen molar-refractivity contribution in [2.24, 2.45) is 35.5 Å². The van der Waals surface area contributed by atoms with Gasteiger partial charge in [0.05, 0.1) is 51.9 Å². The molecule has 20 heteroatoms. The summed E-state index contributed by atoms with van der Waals surface area (Å²) in [6.45, 7) is 22.4. The highest BCUT2D eigenvalue weighted by atomic mass is 16.2. The van der Waals surface area contributed by atoms with Crippen molar-refractivity contribution in [3.05, 3.63) is 129 Å². The fourth-order valence-corrected chi connectivity index (χ4v) is 10.4. The molecule has 0 amide bonds. The topological polar surface area (TPSA) is 339 Å². The summed E-state index contributed by atoms with van der Waals surface area (Å²) in [6.07, 6.45) is 26.2. The molecular weight excluding hydrogens is 1140 g/mol. The molecule has 1 aliphatic carbocycles. The predicted molar refractivity (Wildman–Crippen MR) is 371 cm³/mol. The van der Waals surface area contributed by atoms with Crippen LogP contribution in [-0.2, 0) is 25.7 Å². The summed E-state index contributed by atoms with van der Waals surface area (Å²) in [5.74, 6) is 4.55. The van der Waals surface area contributed by atoms with Gasteiger partial charge in [0.15, 0.2) is 39.7 Å². The number of aromatic amines is 1. The van der Waals surface area contributed by atoms with Crippen LogP contribution in [0.25, 0.3) is 44.3 Å². The van der Waals surface area contributed by atoms with Gasteiger partial charge in [-0.3, -0.25) is 24.4 Å². The van der Waals surface area contributed by atoms with E-state index in [-0.39, 0.29) is 40.5 Å². The number of aromatic nitrogens is 12. The van der Waals surface area contributed by atoms with Gasteiger partial charge in [0.1, 0.15) is 5.82 Å². The van der Waals surface area contributed by atoms with E-state index < -0.39 is 5.92 Å². The number of para-hydroxylation sites is 2. The number of carbonyl (C=O) groups is 2. The molecule has 10 rings (SSSR count). The normalized spacial score (nSPS) is 13.6. The molecule has 5 unspecified atom stereocenters. The number of aryl methyl sites for hydroxylation is 4. The summed E-state index contributed by atoms with van der Waals surface area (Å²) >= 11 is 0. The van der Waals surface area contributed by atoms with Gasteiger partial charge in [-0.2, -0.15) is 19.9 Å². The molecule has 20 nitrogen and oxygen atoms in total. The monoisotopic (exact) mass is 1240 g/mol. The van der Waals surface area contributed by atoms with Crippen LogP contribution in [0.1, 0.15) is 209 Å². The van der Waals surface area contributed by atoms with E-state index in [2.05, 4.69) is 141 Å². The maximum Gasteiger partial charge on any atom is 0.280 e. The van der Waals surface area contributed by atoms with E-state index in [0.29, 0.717) is 51.9 Å². The van der Waals surface area contributed by atoms with E-state index >= 15 is 0 Å². The number of carbonyl (C=O) groups excluding carboxylic acids is 2. The first-order valence-electron chi connectivity index (χ1n) is 33.0. The Morgan fingerprint density at radius 2 is 0.912 bits per heavy atom. The number of hydrogen-bond acceptors (Lipinski definition) is 19. The van der Waals surface area contributed by atoms with Crippen molar-refractivity contribution in [3.63, 3.8) is 0 Å². The second-order valence-corrected chi connectivity index (χ2v) is 24.7. The summed E-state index contributed by atoms with van der Waals surface area (Å²) in [7, 11) is 0. The molecule has 1 aliphatic rings. The lowest BCUT2D eigenvalue weighted by Gasteiger charge is -2.10. The lowest BCUT2D eigenvalue weighted by molar-refractivity contribution is 0.0827. The van der Waals surface area contributed by atoms with Crippen LogP contribution in [0, 0.1) is 35.5 Å². The van der Waals surface area contributed by atoms with Gasteiger partial charge >= 0.3 is 0 Å². The first-order chi connectivity index (χ1) is 43.7. The first-order valence-corrected chi connectivity index (χ1v) is 33.0. The lowest BCUT2D eigenvalue weighted by atomic mass is 9.93. The highest BCUT2D eigenvalue weighted by Gasteiger charge is 2.37. The van der Waals surface area contributed by atoms with E-state index in [1.807, 2.05) is 48.7 Å². The molecule has 3 aromatic carbocycles. The van der Waals surface area contributed by atoms with Crippen molar-refractivity contribution in [1.82, 2.24) is 59.8 Å². The maximum absolute atomic E-state index is 12.1. The van der Waals surface area contributed by atoms with Crippen LogP contribution in [-0.4, -0.2) is 71.4 Å². The number of H-pyrrole nitrogens is 1. The number of nitrogens with one attached hydrogen (secondary N) is 1. The molecule has 11 N–H and O–H groups in total. The molecule has 9 aromatic rings. The minimum absolute atomic E-state index is 0.0275. The van der Waals surface area contributed by atoms with Crippen LogP contribution >= 0.6 is 0 Å². The number of nitrogens with two attached hydrogens (primary N) is 5. The van der Waals surface area contributed by atoms with Crippen LogP contribution < -0.4 is 34.2 Å². The van der Waals surface area contributed by atoms with Gasteiger partial charge in [-0.15, -0.1) is 0 Å². The summed E-state index contributed by atoms with van der Waals surface area (Å²) in [5, 5.41) is 0.898. The summed E-state index contributed by atoms with van der Waals surface area (Å²) in [4.78, 5) is 84.7. The van der Waals surface area contributed by atoms with Gasteiger partial charge in [-0.05, 0) is 117 Å². The van der Waals surface area contributed by atoms with E-state index in [4.69, 9.17) is 28.7 Å². The van der Waals surface area contributed by atoms with Crippen LogP contribution in [0.4, 0.5) is 29.5 Å². The van der Waals surface area contributed by atoms with Crippen molar-refractivity contribution in [3.8, 4) is 0 Å². The number of fused-ring (bicyclic) bond motifs is 5. The zero-order valence-corrected chi connectivity index (χ0v) is 55.5. The molecule has 0 saturated carbocycles. The Morgan fingerprint density at radius 1 is 0.440 bits per heavy atom. The van der Waals surface area contributed by atoms with Gasteiger partial charge in [0, 0.05) is 22.7 Å². The molecule has 0 aliphatic heterocycles. The van der Waals surface area contributed by atoms with Crippen molar-refractivity contribution < 1.29 is 9.59 Å². The zero-order chi connectivity index (χ0) is 66.0. The largest absolute Gasteiger partial charge is 0.383 e. The van der Waals surface area contributed by atoms with Gasteiger partial charge in [0.25, 0.3) is 5.56 Å². The number of Topliss-reactive ketones (excluding diaryl/α,β-unsaturated/α-hetero) is 2. The Morgan fingerprint density at radius 3 is 1.49 bits per heavy atom. The van der Waals surface area contributed by atoms with Gasteiger partial charge < -0.3 is 28.7 Å². The summed E-state index contributed by atoms with van der Waals surface area (Å²) in [6, 6.07) is 21.4. The quantitative estimate of drug-likeness (QED) is 0.0306. The lowest BCUT2D eigenvalue weighted by Crippen LogP contribution is -2.15. The Kier molecular flexibility index (Phi) is 28.4. The highest BCUT2D eigenvalue weighted by molar-refractivity contribution is 6.26. The predicted octanol–water partition coefficient (Wildman–Crippen LogP) is 14.3. The average Bonchev–Trinajstić information content (AvgIpc) is 1.75. The van der Waals surface area contributed by atoms with Crippen LogP contribution in [0.2, 0.25) is 0 Å². The minimum Gasteiger partial charge on any atom is -0.383 e. The SMILES string of the molecule is CCC(C)CCCC1C(=O)c2ccccc2C1=O.CCC(C)CCCc1ccc2nc(N)nc(N)c2c1.CCC(C)CCCc1cnc2nc(N)[nH]c(=O)c2n1.CCC(C)CCCc1cnc2nc(N)nc(N)c2n1.CCC(C)CCc1cnc2ccccc2n1. The Hall–Kier alpha value is -8.68. The molecule has 91 heavy (non-hydrogen) atoms. The molecule has 0 radical (unpaired) electrons. The third-order valence-electron chi connectivity index (χ3n) is 17.4. The first kappa shape index (κ1) is 71.4. The minimum atomic E-state index is -0.411. The van der Waals surface area contributed by atoms with Crippen molar-refractivity contribution in [1.29, 1.82) is 0 Å². The van der Waals surface area contributed by atoms with Crippen LogP contribution in [0.3, 0.4) is 0 Å². The third kappa shape index (κ3) is 22.1. The van der Waals surface area contributed by atoms with Crippen molar-refractivity contribution in [2.45, 2.75) is 191 Å². The van der Waals surface area contributed by atoms with E-state index in [1.54, 1.807) is 24.5 Å². The Labute approximate surface area is 537 Å².